The first kappa shape index (κ1) is 22.4. The van der Waals surface area contributed by atoms with Crippen LogP contribution in [0.15, 0.2) is 59.8 Å². The van der Waals surface area contributed by atoms with Gasteiger partial charge in [0.25, 0.3) is 5.91 Å². The summed E-state index contributed by atoms with van der Waals surface area (Å²) in [5, 5.41) is 14.9. The van der Waals surface area contributed by atoms with Gasteiger partial charge >= 0.3 is 0 Å². The summed E-state index contributed by atoms with van der Waals surface area (Å²) < 4.78 is 7.16. The molecule has 2 aromatic carbocycles. The molecule has 0 aliphatic heterocycles. The van der Waals surface area contributed by atoms with Crippen LogP contribution < -0.4 is 15.4 Å². The minimum Gasteiger partial charge on any atom is -0.495 e. The summed E-state index contributed by atoms with van der Waals surface area (Å²) in [7, 11) is 1.56. The lowest BCUT2D eigenvalue weighted by atomic mass is 10.2. The van der Waals surface area contributed by atoms with Crippen LogP contribution in [-0.4, -0.2) is 39.4 Å². The topological polar surface area (TPSA) is 98.1 Å². The van der Waals surface area contributed by atoms with Crippen molar-refractivity contribution >= 4 is 29.3 Å². The van der Waals surface area contributed by atoms with Crippen molar-refractivity contribution in [2.24, 2.45) is 0 Å². The first-order chi connectivity index (χ1) is 15.0. The number of amides is 2. The highest BCUT2D eigenvalue weighted by Crippen LogP contribution is 2.25. The quantitative estimate of drug-likeness (QED) is 0.495. The van der Waals surface area contributed by atoms with Crippen LogP contribution in [0.4, 0.5) is 5.69 Å². The molecule has 3 rings (SSSR count). The van der Waals surface area contributed by atoms with E-state index in [1.807, 2.05) is 48.7 Å². The van der Waals surface area contributed by atoms with E-state index in [-0.39, 0.29) is 23.6 Å². The number of hydrogen-bond acceptors (Lipinski definition) is 6. The lowest BCUT2D eigenvalue weighted by molar-refractivity contribution is -0.113. The highest BCUT2D eigenvalue weighted by molar-refractivity contribution is 7.99. The Morgan fingerprint density at radius 2 is 1.81 bits per heavy atom. The Bertz CT molecular complexity index is 1040. The molecule has 0 bridgehead atoms. The van der Waals surface area contributed by atoms with Gasteiger partial charge in [-0.25, -0.2) is 0 Å². The number of methoxy groups -OCH3 is 1. The molecule has 2 amide bonds. The van der Waals surface area contributed by atoms with Gasteiger partial charge in [0.15, 0.2) is 11.0 Å². The largest absolute Gasteiger partial charge is 0.495 e. The van der Waals surface area contributed by atoms with Gasteiger partial charge in [-0.2, -0.15) is 0 Å². The predicted octanol–water partition coefficient (Wildman–Crippen LogP) is 3.53. The number of benzene rings is 2. The van der Waals surface area contributed by atoms with Gasteiger partial charge in [0.2, 0.25) is 5.91 Å². The molecule has 0 unspecified atom stereocenters. The monoisotopic (exact) mass is 439 g/mol. The highest BCUT2D eigenvalue weighted by atomic mass is 32.2. The van der Waals surface area contributed by atoms with Crippen molar-refractivity contribution in [2.75, 3.05) is 18.2 Å². The molecule has 9 heteroatoms. The van der Waals surface area contributed by atoms with Gasteiger partial charge in [-0.05, 0) is 38.1 Å². The maximum Gasteiger partial charge on any atom is 0.251 e. The van der Waals surface area contributed by atoms with Crippen LogP contribution in [0.5, 0.6) is 5.75 Å². The predicted molar refractivity (Wildman–Crippen MR) is 120 cm³/mol. The Balaban J connectivity index is 1.63. The number of rotatable bonds is 9. The van der Waals surface area contributed by atoms with E-state index in [2.05, 4.69) is 20.8 Å². The van der Waals surface area contributed by atoms with E-state index in [4.69, 9.17) is 4.74 Å². The van der Waals surface area contributed by atoms with E-state index in [1.165, 1.54) is 11.8 Å². The van der Waals surface area contributed by atoms with Crippen LogP contribution in [0, 0.1) is 0 Å². The zero-order valence-corrected chi connectivity index (χ0v) is 18.5. The molecule has 0 aliphatic rings. The van der Waals surface area contributed by atoms with Crippen molar-refractivity contribution in [2.45, 2.75) is 31.6 Å². The summed E-state index contributed by atoms with van der Waals surface area (Å²) in [6.07, 6.45) is 0. The van der Waals surface area contributed by atoms with Crippen LogP contribution in [-0.2, 0) is 11.3 Å². The summed E-state index contributed by atoms with van der Waals surface area (Å²) in [4.78, 5) is 24.8. The molecule has 31 heavy (non-hydrogen) atoms. The Hall–Kier alpha value is -3.33. The van der Waals surface area contributed by atoms with Crippen molar-refractivity contribution in [3.63, 3.8) is 0 Å². The second-order valence-electron chi connectivity index (χ2n) is 6.68. The molecular weight excluding hydrogens is 414 g/mol. The minimum absolute atomic E-state index is 0.168. The smallest absolute Gasteiger partial charge is 0.251 e. The third-order valence-corrected chi connectivity index (χ3v) is 5.51. The van der Waals surface area contributed by atoms with Crippen LogP contribution >= 0.6 is 11.8 Å². The van der Waals surface area contributed by atoms with Gasteiger partial charge in [-0.1, -0.05) is 42.1 Å². The fourth-order valence-corrected chi connectivity index (χ4v) is 3.83. The zero-order chi connectivity index (χ0) is 22.2. The number of hydrogen-bond donors (Lipinski definition) is 2. The molecule has 0 spiro atoms. The van der Waals surface area contributed by atoms with E-state index < -0.39 is 0 Å². The molecule has 0 fully saturated rings. The van der Waals surface area contributed by atoms with E-state index in [9.17, 15) is 9.59 Å². The van der Waals surface area contributed by atoms with Gasteiger partial charge in [-0.15, -0.1) is 10.2 Å². The molecule has 1 aromatic heterocycles. The average Bonchev–Trinajstić information content (AvgIpc) is 3.21. The second kappa shape index (κ2) is 10.6. The maximum absolute atomic E-state index is 12.4. The highest BCUT2D eigenvalue weighted by Gasteiger charge is 2.20. The standard InChI is InChI=1S/C22H25N5O3S/c1-4-27-20(15(2)23-21(29)16-10-6-5-7-11-16)25-26-22(27)31-14-19(28)24-17-12-8-9-13-18(17)30-3/h5-13,15H,4,14H2,1-3H3,(H,23,29)(H,24,28)/t15-/m0/s1. The Labute approximate surface area is 185 Å². The van der Waals surface area contributed by atoms with Crippen LogP contribution in [0.1, 0.15) is 36.1 Å². The molecule has 3 aromatic rings. The molecule has 0 saturated carbocycles. The van der Waals surface area contributed by atoms with Gasteiger partial charge in [-0.3, -0.25) is 9.59 Å². The summed E-state index contributed by atoms with van der Waals surface area (Å²) in [6, 6.07) is 15.9. The van der Waals surface area contributed by atoms with Crippen LogP contribution in [0.3, 0.4) is 0 Å². The second-order valence-corrected chi connectivity index (χ2v) is 7.63. The Morgan fingerprint density at radius 1 is 1.10 bits per heavy atom. The van der Waals surface area contributed by atoms with E-state index >= 15 is 0 Å². The summed E-state index contributed by atoms with van der Waals surface area (Å²) in [5.74, 6) is 1.06. The van der Waals surface area contributed by atoms with Crippen molar-refractivity contribution < 1.29 is 14.3 Å². The molecule has 0 radical (unpaired) electrons. The number of anilines is 1. The van der Waals surface area contributed by atoms with Crippen molar-refractivity contribution in [1.82, 2.24) is 20.1 Å². The molecule has 0 aliphatic carbocycles. The minimum atomic E-state index is -0.336. The number of thioether (sulfide) groups is 1. The summed E-state index contributed by atoms with van der Waals surface area (Å²) >= 11 is 1.29. The fraction of sp³-hybridized carbons (Fsp3) is 0.273. The third-order valence-electron chi connectivity index (χ3n) is 4.55. The Morgan fingerprint density at radius 3 is 2.52 bits per heavy atom. The zero-order valence-electron chi connectivity index (χ0n) is 17.7. The molecular formula is C22H25N5O3S. The molecule has 1 atom stereocenters. The number of carbonyl (C=O) groups excluding carboxylic acids is 2. The third kappa shape index (κ3) is 5.64. The number of nitrogens with one attached hydrogen (secondary N) is 2. The summed E-state index contributed by atoms with van der Waals surface area (Å²) in [5.41, 5.74) is 1.20. The molecule has 0 saturated heterocycles. The SMILES string of the molecule is CCn1c(SCC(=O)Nc2ccccc2OC)nnc1[C@H](C)NC(=O)c1ccccc1. The van der Waals surface area contributed by atoms with E-state index in [0.29, 0.717) is 34.5 Å². The van der Waals surface area contributed by atoms with E-state index in [1.54, 1.807) is 31.4 Å². The number of para-hydroxylation sites is 2. The number of aromatic nitrogens is 3. The van der Waals surface area contributed by atoms with Gasteiger partial charge in [0, 0.05) is 12.1 Å². The molecule has 2 N–H and O–H groups in total. The number of nitrogens with zero attached hydrogens (tertiary/aromatic N) is 3. The Kier molecular flexibility index (Phi) is 7.66. The fourth-order valence-electron chi connectivity index (χ4n) is 3.02. The average molecular weight is 440 g/mol. The van der Waals surface area contributed by atoms with Gasteiger partial charge in [0.05, 0.1) is 24.6 Å². The van der Waals surface area contributed by atoms with Crippen molar-refractivity contribution in [1.29, 1.82) is 0 Å². The lowest BCUT2D eigenvalue weighted by Gasteiger charge is -2.15. The van der Waals surface area contributed by atoms with Crippen molar-refractivity contribution in [3.8, 4) is 5.75 Å². The van der Waals surface area contributed by atoms with Crippen molar-refractivity contribution in [3.05, 3.63) is 66.0 Å². The first-order valence-corrected chi connectivity index (χ1v) is 10.9. The van der Waals surface area contributed by atoms with Gasteiger partial charge in [0.1, 0.15) is 5.75 Å². The molecule has 1 heterocycles. The normalized spacial score (nSPS) is 11.6. The molecule has 162 valence electrons. The van der Waals surface area contributed by atoms with Crippen LogP contribution in [0.25, 0.3) is 0 Å². The van der Waals surface area contributed by atoms with Crippen LogP contribution in [0.2, 0.25) is 0 Å². The maximum atomic E-state index is 12.4. The summed E-state index contributed by atoms with van der Waals surface area (Å²) in [6.45, 7) is 4.45. The lowest BCUT2D eigenvalue weighted by Crippen LogP contribution is -2.28. The number of carbonyl (C=O) groups is 2. The van der Waals surface area contributed by atoms with E-state index in [0.717, 1.165) is 0 Å². The number of ether oxygens (including phenoxy) is 1. The molecule has 8 nitrogen and oxygen atoms in total. The first-order valence-electron chi connectivity index (χ1n) is 9.88. The van der Waals surface area contributed by atoms with Gasteiger partial charge < -0.3 is 19.9 Å².